The van der Waals surface area contributed by atoms with Crippen molar-refractivity contribution in [3.8, 4) is 0 Å². The maximum absolute atomic E-state index is 12.0. The largest absolute Gasteiger partial charge is 0.370 e. The van der Waals surface area contributed by atoms with E-state index in [9.17, 15) is 4.79 Å². The first-order valence-electron chi connectivity index (χ1n) is 11.5. The van der Waals surface area contributed by atoms with E-state index in [0.717, 1.165) is 56.9 Å². The van der Waals surface area contributed by atoms with Gasteiger partial charge in [0.1, 0.15) is 5.82 Å². The molecule has 2 aliphatic rings. The highest BCUT2D eigenvalue weighted by atomic mass is 16.2. The Kier molecular flexibility index (Phi) is 7.02. The molecular weight excluding hydrogens is 388 g/mol. The third kappa shape index (κ3) is 6.17. The zero-order chi connectivity index (χ0) is 21.6. The van der Waals surface area contributed by atoms with Gasteiger partial charge in [0.15, 0.2) is 0 Å². The minimum atomic E-state index is 0.301. The first kappa shape index (κ1) is 21.6. The Bertz CT molecular complexity index is 895. The van der Waals surface area contributed by atoms with E-state index in [4.69, 9.17) is 4.98 Å². The number of likely N-dealkylation sites (tertiary alicyclic amines) is 1. The molecule has 2 fully saturated rings. The highest BCUT2D eigenvalue weighted by molar-refractivity contribution is 5.76. The van der Waals surface area contributed by atoms with Gasteiger partial charge in [-0.15, -0.1) is 0 Å². The van der Waals surface area contributed by atoms with E-state index >= 15 is 0 Å². The van der Waals surface area contributed by atoms with Crippen LogP contribution in [0.15, 0.2) is 30.5 Å². The number of aromatic nitrogens is 2. The van der Waals surface area contributed by atoms with Gasteiger partial charge in [0.2, 0.25) is 11.9 Å². The van der Waals surface area contributed by atoms with Crippen LogP contribution in [0.5, 0.6) is 0 Å². The Morgan fingerprint density at radius 1 is 1.23 bits per heavy atom. The van der Waals surface area contributed by atoms with Gasteiger partial charge >= 0.3 is 0 Å². The molecule has 1 aliphatic carbocycles. The van der Waals surface area contributed by atoms with Crippen molar-refractivity contribution in [2.75, 3.05) is 44.4 Å². The lowest BCUT2D eigenvalue weighted by atomic mass is 10.1. The fourth-order valence-corrected chi connectivity index (χ4v) is 4.10. The second-order valence-corrected chi connectivity index (χ2v) is 8.95. The van der Waals surface area contributed by atoms with Gasteiger partial charge in [0, 0.05) is 50.0 Å². The lowest BCUT2D eigenvalue weighted by Crippen LogP contribution is -2.36. The summed E-state index contributed by atoms with van der Waals surface area (Å²) in [7, 11) is 4.14. The fourth-order valence-electron chi connectivity index (χ4n) is 4.10. The summed E-state index contributed by atoms with van der Waals surface area (Å²) in [6.45, 7) is 3.42. The van der Waals surface area contributed by atoms with Gasteiger partial charge in [-0.1, -0.05) is 12.1 Å². The second-order valence-electron chi connectivity index (χ2n) is 8.95. The van der Waals surface area contributed by atoms with Crippen molar-refractivity contribution in [3.05, 3.63) is 41.6 Å². The van der Waals surface area contributed by atoms with Crippen molar-refractivity contribution in [3.63, 3.8) is 0 Å². The number of nitrogens with zero attached hydrogens (tertiary/aromatic N) is 4. The first-order chi connectivity index (χ1) is 15.1. The number of hydrogen-bond acceptors (Lipinski definition) is 6. The number of carbonyl (C=O) groups is 1. The van der Waals surface area contributed by atoms with Crippen LogP contribution in [0.2, 0.25) is 0 Å². The molecule has 1 aliphatic heterocycles. The molecule has 2 N–H and O–H groups in total. The van der Waals surface area contributed by atoms with Crippen molar-refractivity contribution in [2.24, 2.45) is 0 Å². The fraction of sp³-hybridized carbons (Fsp3) is 0.542. The van der Waals surface area contributed by atoms with Crippen LogP contribution in [0.4, 0.5) is 17.5 Å². The number of benzene rings is 1. The zero-order valence-corrected chi connectivity index (χ0v) is 18.7. The van der Waals surface area contributed by atoms with E-state index in [1.165, 1.54) is 24.0 Å². The predicted octanol–water partition coefficient (Wildman–Crippen LogP) is 3.97. The number of amides is 1. The van der Waals surface area contributed by atoms with Gasteiger partial charge in [-0.25, -0.2) is 4.98 Å². The highest BCUT2D eigenvalue weighted by Gasteiger charge is 2.27. The van der Waals surface area contributed by atoms with Crippen LogP contribution in [-0.2, 0) is 11.3 Å². The van der Waals surface area contributed by atoms with Crippen molar-refractivity contribution in [1.82, 2.24) is 19.8 Å². The monoisotopic (exact) mass is 422 g/mol. The van der Waals surface area contributed by atoms with Crippen molar-refractivity contribution >= 4 is 23.4 Å². The van der Waals surface area contributed by atoms with Crippen molar-refractivity contribution in [1.29, 1.82) is 0 Å². The van der Waals surface area contributed by atoms with Gasteiger partial charge in [0.25, 0.3) is 0 Å². The Hall–Kier alpha value is -2.67. The van der Waals surface area contributed by atoms with Crippen LogP contribution in [0.25, 0.3) is 0 Å². The molecule has 1 aromatic carbocycles. The van der Waals surface area contributed by atoms with Crippen molar-refractivity contribution in [2.45, 2.75) is 51.0 Å². The summed E-state index contributed by atoms with van der Waals surface area (Å²) in [6, 6.07) is 8.37. The van der Waals surface area contributed by atoms with Crippen LogP contribution >= 0.6 is 0 Å². The minimum absolute atomic E-state index is 0.301. The Labute approximate surface area is 185 Å². The average molecular weight is 423 g/mol. The molecule has 0 unspecified atom stereocenters. The third-order valence-corrected chi connectivity index (χ3v) is 5.83. The summed E-state index contributed by atoms with van der Waals surface area (Å²) in [4.78, 5) is 25.5. The number of nitrogens with one attached hydrogen (secondary N) is 2. The molecule has 166 valence electrons. The summed E-state index contributed by atoms with van der Waals surface area (Å²) in [5, 5.41) is 6.88. The molecule has 1 amide bonds. The topological polar surface area (TPSA) is 73.4 Å². The third-order valence-electron chi connectivity index (χ3n) is 5.83. The highest BCUT2D eigenvalue weighted by Crippen LogP contribution is 2.42. The Balaban J connectivity index is 1.38. The van der Waals surface area contributed by atoms with Gasteiger partial charge in [-0.2, -0.15) is 4.98 Å². The van der Waals surface area contributed by atoms with Crippen molar-refractivity contribution < 1.29 is 4.79 Å². The normalized spacial score (nSPS) is 16.6. The molecule has 7 nitrogen and oxygen atoms in total. The molecule has 7 heteroatoms. The molecule has 2 aromatic rings. The van der Waals surface area contributed by atoms with E-state index in [-0.39, 0.29) is 0 Å². The van der Waals surface area contributed by atoms with E-state index in [2.05, 4.69) is 52.8 Å². The molecule has 0 spiro atoms. The van der Waals surface area contributed by atoms with Gasteiger partial charge in [-0.3, -0.25) is 4.79 Å². The Morgan fingerprint density at radius 3 is 2.87 bits per heavy atom. The number of piperidine rings is 1. The summed E-state index contributed by atoms with van der Waals surface area (Å²) >= 11 is 0. The van der Waals surface area contributed by atoms with Crippen LogP contribution in [0, 0.1) is 0 Å². The quantitative estimate of drug-likeness (QED) is 0.565. The van der Waals surface area contributed by atoms with Crippen LogP contribution in [0.3, 0.4) is 0 Å². The first-order valence-corrected chi connectivity index (χ1v) is 11.5. The summed E-state index contributed by atoms with van der Waals surface area (Å²) in [5.74, 6) is 2.41. The minimum Gasteiger partial charge on any atom is -0.370 e. The summed E-state index contributed by atoms with van der Waals surface area (Å²) in [6.07, 6.45) is 8.17. The van der Waals surface area contributed by atoms with E-state index in [1.807, 2.05) is 17.2 Å². The van der Waals surface area contributed by atoms with Crippen LogP contribution in [-0.4, -0.2) is 59.4 Å². The number of hydrogen-bond donors (Lipinski definition) is 2. The standard InChI is InChI=1S/C24H34N6O/c1-29(2)17-18-7-5-8-20(15-18)27-24-26-16-21(19-10-11-19)23(28-24)25-12-6-14-30-13-4-3-9-22(30)31/h5,7-8,15-16,19H,3-4,6,9-14,17H2,1-2H3,(H2,25,26,27,28). The lowest BCUT2D eigenvalue weighted by molar-refractivity contribution is -0.133. The van der Waals surface area contributed by atoms with E-state index in [0.29, 0.717) is 24.2 Å². The zero-order valence-electron chi connectivity index (χ0n) is 18.7. The van der Waals surface area contributed by atoms with E-state index < -0.39 is 0 Å². The summed E-state index contributed by atoms with van der Waals surface area (Å²) in [5.41, 5.74) is 3.45. The molecule has 1 saturated heterocycles. The number of anilines is 3. The lowest BCUT2D eigenvalue weighted by Gasteiger charge is -2.26. The van der Waals surface area contributed by atoms with Gasteiger partial charge < -0.3 is 20.4 Å². The molecule has 1 saturated carbocycles. The smallest absolute Gasteiger partial charge is 0.229 e. The molecule has 4 rings (SSSR count). The molecule has 0 atom stereocenters. The molecule has 31 heavy (non-hydrogen) atoms. The second kappa shape index (κ2) is 10.1. The maximum atomic E-state index is 12.0. The molecule has 2 heterocycles. The number of rotatable bonds is 10. The predicted molar refractivity (Wildman–Crippen MR) is 125 cm³/mol. The maximum Gasteiger partial charge on any atom is 0.229 e. The van der Waals surface area contributed by atoms with E-state index in [1.54, 1.807) is 0 Å². The number of carbonyl (C=O) groups excluding carboxylic acids is 1. The van der Waals surface area contributed by atoms with Crippen LogP contribution < -0.4 is 10.6 Å². The van der Waals surface area contributed by atoms with Gasteiger partial charge in [-0.05, 0) is 69.8 Å². The van der Waals surface area contributed by atoms with Crippen LogP contribution in [0.1, 0.15) is 55.6 Å². The van der Waals surface area contributed by atoms with Gasteiger partial charge in [0.05, 0.1) is 0 Å². The molecule has 0 radical (unpaired) electrons. The Morgan fingerprint density at radius 2 is 2.10 bits per heavy atom. The SMILES string of the molecule is CN(C)Cc1cccc(Nc2ncc(C3CC3)c(NCCCN3CCCCC3=O)n2)c1. The molecule has 1 aromatic heterocycles. The summed E-state index contributed by atoms with van der Waals surface area (Å²) < 4.78 is 0. The average Bonchev–Trinajstić information content (AvgIpc) is 3.58. The molecular formula is C24H34N6O. The molecule has 0 bridgehead atoms.